The number of nitrogens with zero attached hydrogens (tertiary/aromatic N) is 1. The van der Waals surface area contributed by atoms with Gasteiger partial charge in [0.05, 0.1) is 17.7 Å². The predicted octanol–water partition coefficient (Wildman–Crippen LogP) is 3.66. The maximum Gasteiger partial charge on any atom is 0.294 e. The zero-order chi connectivity index (χ0) is 23.3. The van der Waals surface area contributed by atoms with Gasteiger partial charge in [-0.2, -0.15) is 0 Å². The molecule has 7 nitrogen and oxygen atoms in total. The van der Waals surface area contributed by atoms with Crippen LogP contribution in [-0.4, -0.2) is 42.2 Å². The van der Waals surface area contributed by atoms with Gasteiger partial charge in [-0.3, -0.25) is 19.3 Å². The maximum atomic E-state index is 13.7. The van der Waals surface area contributed by atoms with Gasteiger partial charge in [-0.25, -0.2) is 8.78 Å². The number of imide groups is 1. The third-order valence-corrected chi connectivity index (χ3v) is 5.08. The molecule has 1 N–H and O–H groups in total. The Hall–Kier alpha value is -3.84. The largest absolute Gasteiger partial charge is 0.493 e. The molecule has 3 amide bonds. The topological polar surface area (TPSA) is 84.9 Å². The maximum absolute atomic E-state index is 13.7. The van der Waals surface area contributed by atoms with Crippen molar-refractivity contribution < 1.29 is 32.6 Å². The Morgan fingerprint density at radius 2 is 2.00 bits per heavy atom. The van der Waals surface area contributed by atoms with E-state index in [1.165, 1.54) is 13.2 Å². The van der Waals surface area contributed by atoms with Gasteiger partial charge < -0.3 is 14.8 Å². The lowest BCUT2D eigenvalue weighted by atomic mass is 10.2. The van der Waals surface area contributed by atoms with Gasteiger partial charge in [-0.1, -0.05) is 12.0 Å². The fourth-order valence-electron chi connectivity index (χ4n) is 2.72. The third-order valence-electron chi connectivity index (χ3n) is 4.18. The van der Waals surface area contributed by atoms with Gasteiger partial charge in [0.15, 0.2) is 11.5 Å². The highest BCUT2D eigenvalue weighted by Crippen LogP contribution is 2.34. The van der Waals surface area contributed by atoms with E-state index in [9.17, 15) is 23.2 Å². The Bertz CT molecular complexity index is 1160. The van der Waals surface area contributed by atoms with Crippen molar-refractivity contribution in [3.8, 4) is 23.8 Å². The molecule has 0 unspecified atom stereocenters. The third kappa shape index (κ3) is 5.25. The van der Waals surface area contributed by atoms with Crippen molar-refractivity contribution in [3.63, 3.8) is 0 Å². The number of methoxy groups -OCH3 is 1. The molecule has 1 fully saturated rings. The molecule has 0 bridgehead atoms. The summed E-state index contributed by atoms with van der Waals surface area (Å²) in [4.78, 5) is 37.9. The quantitative estimate of drug-likeness (QED) is 0.504. The number of rotatable bonds is 7. The van der Waals surface area contributed by atoms with Crippen LogP contribution >= 0.6 is 11.8 Å². The minimum atomic E-state index is -0.976. The number of ether oxygens (including phenoxy) is 2. The number of benzene rings is 2. The van der Waals surface area contributed by atoms with Gasteiger partial charge in [0, 0.05) is 6.07 Å². The lowest BCUT2D eigenvalue weighted by molar-refractivity contribution is -0.127. The predicted molar refractivity (Wildman–Crippen MR) is 115 cm³/mol. The van der Waals surface area contributed by atoms with Gasteiger partial charge in [0.25, 0.3) is 11.1 Å². The first-order chi connectivity index (χ1) is 15.3. The summed E-state index contributed by atoms with van der Waals surface area (Å²) in [5.41, 5.74) is 0.288. The molecule has 2 aromatic carbocycles. The van der Waals surface area contributed by atoms with E-state index in [1.807, 2.05) is 0 Å². The number of hydrogen-bond acceptors (Lipinski definition) is 6. The highest BCUT2D eigenvalue weighted by Gasteiger charge is 2.36. The van der Waals surface area contributed by atoms with E-state index in [4.69, 9.17) is 15.9 Å². The summed E-state index contributed by atoms with van der Waals surface area (Å²) in [6, 6.07) is 7.47. The van der Waals surface area contributed by atoms with Gasteiger partial charge in [-0.05, 0) is 47.7 Å². The Labute approximate surface area is 186 Å². The summed E-state index contributed by atoms with van der Waals surface area (Å²) < 4.78 is 37.3. The number of anilines is 1. The normalized spacial score (nSPS) is 14.4. The van der Waals surface area contributed by atoms with Crippen molar-refractivity contribution in [2.45, 2.75) is 0 Å². The molecule has 0 spiro atoms. The average molecular weight is 458 g/mol. The van der Waals surface area contributed by atoms with Crippen LogP contribution in [0.4, 0.5) is 19.3 Å². The van der Waals surface area contributed by atoms with Crippen LogP contribution in [0.2, 0.25) is 0 Å². The van der Waals surface area contributed by atoms with E-state index < -0.39 is 35.2 Å². The first-order valence-electron chi connectivity index (χ1n) is 9.07. The number of nitrogens with one attached hydrogen (secondary N) is 1. The monoisotopic (exact) mass is 458 g/mol. The summed E-state index contributed by atoms with van der Waals surface area (Å²) in [6.07, 6.45) is 6.64. The van der Waals surface area contributed by atoms with Crippen LogP contribution in [0.1, 0.15) is 5.56 Å². The fraction of sp³-hybridized carbons (Fsp3) is 0.136. The zero-order valence-electron chi connectivity index (χ0n) is 16.7. The number of amides is 3. The van der Waals surface area contributed by atoms with Crippen molar-refractivity contribution in [1.82, 2.24) is 4.90 Å². The molecule has 0 atom stereocenters. The Morgan fingerprint density at radius 3 is 2.69 bits per heavy atom. The molecule has 1 aliphatic rings. The van der Waals surface area contributed by atoms with Crippen LogP contribution in [-0.2, 0) is 9.59 Å². The molecule has 2 aromatic rings. The summed E-state index contributed by atoms with van der Waals surface area (Å²) in [7, 11) is 1.44. The molecule has 0 saturated carbocycles. The second-order valence-electron chi connectivity index (χ2n) is 6.34. The standard InChI is InChI=1S/C22H16F2N2O5S/c1-3-8-31-17-7-4-13(9-18(17)30-2)10-19-21(28)26(22(29)32-19)12-20(27)25-16-6-5-14(23)11-15(16)24/h1,4-7,9-11H,8,12H2,2H3,(H,25,27). The van der Waals surface area contributed by atoms with Crippen LogP contribution in [0.3, 0.4) is 0 Å². The van der Waals surface area contributed by atoms with Crippen LogP contribution in [0, 0.1) is 24.0 Å². The van der Waals surface area contributed by atoms with Crippen molar-refractivity contribution in [2.24, 2.45) is 0 Å². The molecule has 0 aromatic heterocycles. The Morgan fingerprint density at radius 1 is 1.22 bits per heavy atom. The number of carbonyl (C=O) groups is 3. The second kappa shape index (κ2) is 9.98. The number of halogens is 2. The van der Waals surface area contributed by atoms with Gasteiger partial charge in [0.1, 0.15) is 24.8 Å². The zero-order valence-corrected chi connectivity index (χ0v) is 17.5. The fourth-order valence-corrected chi connectivity index (χ4v) is 3.56. The molecule has 32 heavy (non-hydrogen) atoms. The molecule has 1 aliphatic heterocycles. The van der Waals surface area contributed by atoms with Crippen molar-refractivity contribution >= 4 is 40.6 Å². The summed E-state index contributed by atoms with van der Waals surface area (Å²) >= 11 is 0.658. The minimum absolute atomic E-state index is 0.0540. The number of thioether (sulfide) groups is 1. The summed E-state index contributed by atoms with van der Waals surface area (Å²) in [6.45, 7) is -0.570. The highest BCUT2D eigenvalue weighted by molar-refractivity contribution is 8.18. The van der Waals surface area contributed by atoms with E-state index in [1.54, 1.807) is 18.2 Å². The van der Waals surface area contributed by atoms with Crippen LogP contribution in [0.25, 0.3) is 6.08 Å². The smallest absolute Gasteiger partial charge is 0.294 e. The van der Waals surface area contributed by atoms with Gasteiger partial charge in [0.2, 0.25) is 5.91 Å². The van der Waals surface area contributed by atoms with Gasteiger partial charge in [-0.15, -0.1) is 6.42 Å². The van der Waals surface area contributed by atoms with E-state index in [0.717, 1.165) is 17.0 Å². The Kier molecular flexibility index (Phi) is 7.12. The van der Waals surface area contributed by atoms with Gasteiger partial charge >= 0.3 is 0 Å². The molecule has 10 heteroatoms. The first-order valence-corrected chi connectivity index (χ1v) is 9.88. The van der Waals surface area contributed by atoms with Crippen molar-refractivity contribution in [1.29, 1.82) is 0 Å². The first kappa shape index (κ1) is 22.8. The molecule has 1 saturated heterocycles. The molecular formula is C22H16F2N2O5S. The summed E-state index contributed by atoms with van der Waals surface area (Å²) in [5, 5.41) is 1.55. The van der Waals surface area contributed by atoms with Crippen molar-refractivity contribution in [3.05, 3.63) is 58.5 Å². The lowest BCUT2D eigenvalue weighted by Crippen LogP contribution is -2.36. The minimum Gasteiger partial charge on any atom is -0.493 e. The van der Waals surface area contributed by atoms with E-state index in [-0.39, 0.29) is 17.2 Å². The lowest BCUT2D eigenvalue weighted by Gasteiger charge is -2.13. The average Bonchev–Trinajstić information content (AvgIpc) is 3.02. The number of carbonyl (C=O) groups excluding carboxylic acids is 3. The molecule has 1 heterocycles. The summed E-state index contributed by atoms with van der Waals surface area (Å²) in [5.74, 6) is -0.125. The molecule has 0 radical (unpaired) electrons. The van der Waals surface area contributed by atoms with Crippen LogP contribution in [0.5, 0.6) is 11.5 Å². The van der Waals surface area contributed by atoms with E-state index >= 15 is 0 Å². The Balaban J connectivity index is 1.72. The molecule has 3 rings (SSSR count). The highest BCUT2D eigenvalue weighted by atomic mass is 32.2. The SMILES string of the molecule is C#CCOc1ccc(C=C2SC(=O)N(CC(=O)Nc3ccc(F)cc3F)C2=O)cc1OC. The van der Waals surface area contributed by atoms with Crippen LogP contribution < -0.4 is 14.8 Å². The van der Waals surface area contributed by atoms with E-state index in [0.29, 0.717) is 34.9 Å². The molecular weight excluding hydrogens is 442 g/mol. The number of hydrogen-bond donors (Lipinski definition) is 1. The van der Waals surface area contributed by atoms with Crippen molar-refractivity contribution in [2.75, 3.05) is 25.6 Å². The second-order valence-corrected chi connectivity index (χ2v) is 7.34. The molecule has 164 valence electrons. The van der Waals surface area contributed by atoms with E-state index in [2.05, 4.69) is 11.2 Å². The number of terminal acetylenes is 1. The molecule has 0 aliphatic carbocycles. The van der Waals surface area contributed by atoms with Crippen LogP contribution in [0.15, 0.2) is 41.3 Å².